The predicted octanol–water partition coefficient (Wildman–Crippen LogP) is -0.687. The van der Waals surface area contributed by atoms with Gasteiger partial charge in [0.2, 0.25) is 0 Å². The van der Waals surface area contributed by atoms with Crippen LogP contribution < -0.4 is 10.8 Å². The van der Waals surface area contributed by atoms with Gasteiger partial charge in [-0.15, -0.1) is 4.52 Å². The van der Waals surface area contributed by atoms with Crippen LogP contribution in [-0.2, 0) is 0 Å². The molecule has 3 rings (SSSR count). The van der Waals surface area contributed by atoms with Crippen LogP contribution in [0.3, 0.4) is 0 Å². The minimum absolute atomic E-state index is 0.0565. The molecule has 7 heteroatoms. The van der Waals surface area contributed by atoms with Crippen molar-refractivity contribution in [2.24, 2.45) is 0 Å². The SMILES string of the molecule is O=c1/c(=C(/O)c2ccccc2)cnc2nnnn12. The molecule has 88 valence electrons. The molecular weight excluding hydrogens is 234 g/mol. The molecule has 0 aliphatic rings. The number of aliphatic hydroxyl groups is 1. The summed E-state index contributed by atoms with van der Waals surface area (Å²) < 4.78 is 0.939. The first kappa shape index (κ1) is 10.3. The third-order valence-electron chi connectivity index (χ3n) is 2.49. The van der Waals surface area contributed by atoms with Gasteiger partial charge >= 0.3 is 0 Å². The van der Waals surface area contributed by atoms with E-state index in [9.17, 15) is 9.90 Å². The number of benzene rings is 1. The second-order valence-electron chi connectivity index (χ2n) is 3.58. The fourth-order valence-corrected chi connectivity index (χ4v) is 1.60. The van der Waals surface area contributed by atoms with E-state index in [4.69, 9.17) is 0 Å². The van der Waals surface area contributed by atoms with E-state index in [0.717, 1.165) is 4.52 Å². The molecular formula is C11H7N5O2. The van der Waals surface area contributed by atoms with Crippen molar-refractivity contribution in [3.05, 3.63) is 57.7 Å². The van der Waals surface area contributed by atoms with Gasteiger partial charge in [0.25, 0.3) is 11.3 Å². The molecule has 1 N–H and O–H groups in total. The van der Waals surface area contributed by atoms with Crippen LogP contribution >= 0.6 is 0 Å². The van der Waals surface area contributed by atoms with Crippen LogP contribution in [0, 0.1) is 0 Å². The molecule has 0 unspecified atom stereocenters. The zero-order chi connectivity index (χ0) is 12.5. The van der Waals surface area contributed by atoms with E-state index in [1.807, 2.05) is 6.07 Å². The van der Waals surface area contributed by atoms with Crippen LogP contribution in [0.2, 0.25) is 0 Å². The van der Waals surface area contributed by atoms with Gasteiger partial charge in [-0.3, -0.25) is 4.79 Å². The number of hydrogen-bond acceptors (Lipinski definition) is 6. The first-order valence-corrected chi connectivity index (χ1v) is 5.13. The van der Waals surface area contributed by atoms with Gasteiger partial charge in [0.1, 0.15) is 11.0 Å². The number of nitrogens with zero attached hydrogens (tertiary/aromatic N) is 5. The van der Waals surface area contributed by atoms with Gasteiger partial charge in [-0.05, 0) is 10.4 Å². The molecule has 0 atom stereocenters. The molecule has 0 aliphatic carbocycles. The summed E-state index contributed by atoms with van der Waals surface area (Å²) in [5.74, 6) is -0.0462. The Labute approximate surface area is 100 Å². The summed E-state index contributed by atoms with van der Waals surface area (Å²) in [6.45, 7) is 0. The first-order chi connectivity index (χ1) is 8.77. The first-order valence-electron chi connectivity index (χ1n) is 5.13. The average Bonchev–Trinajstić information content (AvgIpc) is 2.89. The van der Waals surface area contributed by atoms with Crippen molar-refractivity contribution < 1.29 is 5.11 Å². The average molecular weight is 241 g/mol. The lowest BCUT2D eigenvalue weighted by Crippen LogP contribution is -2.34. The standard InChI is InChI=1S/C11H7N5O2/c17-9(7-4-2-1-3-5-7)8-6-12-11-13-14-15-16(11)10(8)18/h1-6,17H/b9-8+. The molecule has 1 aromatic carbocycles. The number of aliphatic hydroxyl groups excluding tert-OH is 1. The number of fused-ring (bicyclic) bond motifs is 1. The summed E-state index contributed by atoms with van der Waals surface area (Å²) in [6.07, 6.45) is 1.26. The van der Waals surface area contributed by atoms with E-state index < -0.39 is 5.56 Å². The lowest BCUT2D eigenvalue weighted by Gasteiger charge is -1.98. The normalized spacial score (nSPS) is 12.7. The summed E-state index contributed by atoms with van der Waals surface area (Å²) in [6, 6.07) is 8.73. The molecule has 0 aliphatic heterocycles. The summed E-state index contributed by atoms with van der Waals surface area (Å²) >= 11 is 0. The topological polar surface area (TPSA) is 93.3 Å². The molecule has 7 nitrogen and oxygen atoms in total. The number of tetrazole rings is 1. The van der Waals surface area contributed by atoms with Gasteiger partial charge in [-0.2, -0.15) is 0 Å². The van der Waals surface area contributed by atoms with Crippen molar-refractivity contribution in [1.82, 2.24) is 25.0 Å². The lowest BCUT2D eigenvalue weighted by molar-refractivity contribution is 0.506. The molecule has 2 aromatic heterocycles. The van der Waals surface area contributed by atoms with E-state index in [0.29, 0.717) is 5.56 Å². The van der Waals surface area contributed by atoms with Gasteiger partial charge in [-0.1, -0.05) is 35.4 Å². The van der Waals surface area contributed by atoms with Crippen molar-refractivity contribution in [2.75, 3.05) is 0 Å². The zero-order valence-corrected chi connectivity index (χ0v) is 9.06. The maximum atomic E-state index is 12.0. The van der Waals surface area contributed by atoms with Gasteiger partial charge < -0.3 is 5.11 Å². The van der Waals surface area contributed by atoms with Crippen LogP contribution in [0.15, 0.2) is 41.3 Å². The summed E-state index contributed by atoms with van der Waals surface area (Å²) in [7, 11) is 0. The van der Waals surface area contributed by atoms with Crippen LogP contribution in [-0.4, -0.2) is 30.1 Å². The number of rotatable bonds is 1. The molecule has 0 spiro atoms. The number of aromatic nitrogens is 5. The molecule has 3 aromatic rings. The highest BCUT2D eigenvalue weighted by Gasteiger charge is 2.07. The second-order valence-corrected chi connectivity index (χ2v) is 3.58. The fraction of sp³-hybridized carbons (Fsp3) is 0. The number of hydrogen-bond donors (Lipinski definition) is 1. The van der Waals surface area contributed by atoms with Crippen LogP contribution in [0.1, 0.15) is 5.56 Å². The molecule has 2 heterocycles. The Hall–Kier alpha value is -2.83. The highest BCUT2D eigenvalue weighted by molar-refractivity contribution is 5.57. The Balaban J connectivity index is 2.38. The van der Waals surface area contributed by atoms with E-state index in [1.54, 1.807) is 24.3 Å². The van der Waals surface area contributed by atoms with Crippen molar-refractivity contribution in [2.45, 2.75) is 0 Å². The Morgan fingerprint density at radius 3 is 2.78 bits per heavy atom. The summed E-state index contributed by atoms with van der Waals surface area (Å²) in [5, 5.41) is 20.5. The molecule has 18 heavy (non-hydrogen) atoms. The van der Waals surface area contributed by atoms with Gasteiger partial charge in [-0.25, -0.2) is 4.98 Å². The summed E-state index contributed by atoms with van der Waals surface area (Å²) in [5.41, 5.74) is 0.0233. The second kappa shape index (κ2) is 3.88. The maximum absolute atomic E-state index is 12.0. The van der Waals surface area contributed by atoms with Crippen LogP contribution in [0.5, 0.6) is 0 Å². The highest BCUT2D eigenvalue weighted by atomic mass is 16.3. The molecule has 0 fully saturated rings. The van der Waals surface area contributed by atoms with Crippen LogP contribution in [0.4, 0.5) is 0 Å². The molecule has 0 bridgehead atoms. The van der Waals surface area contributed by atoms with Crippen molar-refractivity contribution in [3.8, 4) is 0 Å². The third kappa shape index (κ3) is 1.49. The van der Waals surface area contributed by atoms with E-state index in [1.165, 1.54) is 6.20 Å². The smallest absolute Gasteiger partial charge is 0.288 e. The Morgan fingerprint density at radius 1 is 1.22 bits per heavy atom. The largest absolute Gasteiger partial charge is 0.506 e. The van der Waals surface area contributed by atoms with Gasteiger partial charge in [0, 0.05) is 11.8 Å². The van der Waals surface area contributed by atoms with Crippen molar-refractivity contribution in [1.29, 1.82) is 0 Å². The molecule has 0 saturated carbocycles. The fourth-order valence-electron chi connectivity index (χ4n) is 1.60. The van der Waals surface area contributed by atoms with Gasteiger partial charge in [0.05, 0.1) is 0 Å². The molecule has 0 saturated heterocycles. The summed E-state index contributed by atoms with van der Waals surface area (Å²) in [4.78, 5) is 15.9. The van der Waals surface area contributed by atoms with Crippen LogP contribution in [0.25, 0.3) is 11.5 Å². The predicted molar refractivity (Wildman–Crippen MR) is 61.6 cm³/mol. The Bertz CT molecular complexity index is 812. The lowest BCUT2D eigenvalue weighted by atomic mass is 10.1. The molecule has 0 amide bonds. The Kier molecular flexibility index (Phi) is 2.23. The van der Waals surface area contributed by atoms with E-state index in [-0.39, 0.29) is 16.8 Å². The van der Waals surface area contributed by atoms with E-state index >= 15 is 0 Å². The minimum atomic E-state index is -0.508. The van der Waals surface area contributed by atoms with Crippen molar-refractivity contribution in [3.63, 3.8) is 0 Å². The zero-order valence-electron chi connectivity index (χ0n) is 9.06. The highest BCUT2D eigenvalue weighted by Crippen LogP contribution is 2.05. The quantitative estimate of drug-likeness (QED) is 0.606. The monoisotopic (exact) mass is 241 g/mol. The van der Waals surface area contributed by atoms with Gasteiger partial charge in [0.15, 0.2) is 0 Å². The minimum Gasteiger partial charge on any atom is -0.506 e. The molecule has 0 radical (unpaired) electrons. The Morgan fingerprint density at radius 2 is 2.00 bits per heavy atom. The van der Waals surface area contributed by atoms with E-state index in [2.05, 4.69) is 20.5 Å². The maximum Gasteiger partial charge on any atom is 0.288 e. The third-order valence-corrected chi connectivity index (χ3v) is 2.49. The van der Waals surface area contributed by atoms with Crippen molar-refractivity contribution >= 4 is 11.5 Å².